The Labute approximate surface area is 143 Å². The van der Waals surface area contributed by atoms with Crippen LogP contribution in [0.3, 0.4) is 0 Å². The smallest absolute Gasteiger partial charge is 0.309 e. The molecule has 0 atom stereocenters. The summed E-state index contributed by atoms with van der Waals surface area (Å²) in [5.41, 5.74) is 0.668. The van der Waals surface area contributed by atoms with E-state index in [4.69, 9.17) is 9.52 Å². The highest BCUT2D eigenvalue weighted by molar-refractivity contribution is 7.09. The van der Waals surface area contributed by atoms with Gasteiger partial charge < -0.3 is 9.52 Å². The summed E-state index contributed by atoms with van der Waals surface area (Å²) >= 11 is 1.30. The molecule has 0 fully saturated rings. The lowest BCUT2D eigenvalue weighted by molar-refractivity contribution is -0.136. The molecular formula is C16H10FN3O4S. The molecule has 3 heterocycles. The fourth-order valence-corrected chi connectivity index (χ4v) is 3.42. The summed E-state index contributed by atoms with van der Waals surface area (Å²) in [6.45, 7) is -0.0759. The van der Waals surface area contributed by atoms with Gasteiger partial charge in [-0.15, -0.1) is 0 Å². The normalized spacial score (nSPS) is 11.4. The van der Waals surface area contributed by atoms with Crippen LogP contribution in [0.2, 0.25) is 0 Å². The van der Waals surface area contributed by atoms with Crippen LogP contribution >= 0.6 is 11.3 Å². The molecule has 0 aliphatic heterocycles. The van der Waals surface area contributed by atoms with E-state index < -0.39 is 11.8 Å². The number of benzene rings is 1. The van der Waals surface area contributed by atoms with Gasteiger partial charge in [-0.3, -0.25) is 9.59 Å². The van der Waals surface area contributed by atoms with Gasteiger partial charge in [0.1, 0.15) is 17.9 Å². The Morgan fingerprint density at radius 2 is 2.12 bits per heavy atom. The van der Waals surface area contributed by atoms with Gasteiger partial charge in [0.15, 0.2) is 5.58 Å². The predicted molar refractivity (Wildman–Crippen MR) is 88.3 cm³/mol. The van der Waals surface area contributed by atoms with Gasteiger partial charge in [-0.1, -0.05) is 0 Å². The second kappa shape index (κ2) is 5.78. The summed E-state index contributed by atoms with van der Waals surface area (Å²) in [7, 11) is 0. The molecule has 0 spiro atoms. The number of carboxylic acid groups (broad SMARTS) is 1. The minimum Gasteiger partial charge on any atom is -0.481 e. The van der Waals surface area contributed by atoms with Crippen LogP contribution in [0, 0.1) is 5.82 Å². The van der Waals surface area contributed by atoms with E-state index in [2.05, 4.69) is 10.1 Å². The number of hydrogen-bond acceptors (Lipinski definition) is 6. The Morgan fingerprint density at radius 3 is 2.92 bits per heavy atom. The molecule has 4 aromatic rings. The van der Waals surface area contributed by atoms with Crippen molar-refractivity contribution in [3.63, 3.8) is 0 Å². The number of nitrogens with zero attached hydrogens (tertiary/aromatic N) is 3. The van der Waals surface area contributed by atoms with E-state index in [1.165, 1.54) is 29.5 Å². The number of aliphatic carboxylic acids is 1. The zero-order chi connectivity index (χ0) is 17.6. The maximum absolute atomic E-state index is 13.2. The van der Waals surface area contributed by atoms with Crippen LogP contribution < -0.4 is 5.56 Å². The zero-order valence-electron chi connectivity index (χ0n) is 12.6. The van der Waals surface area contributed by atoms with Crippen LogP contribution in [0.5, 0.6) is 0 Å². The van der Waals surface area contributed by atoms with E-state index in [0.29, 0.717) is 22.0 Å². The quantitative estimate of drug-likeness (QED) is 0.601. The molecule has 25 heavy (non-hydrogen) atoms. The maximum atomic E-state index is 13.2. The molecule has 0 radical (unpaired) electrons. The van der Waals surface area contributed by atoms with Gasteiger partial charge in [-0.2, -0.15) is 16.4 Å². The Bertz CT molecular complexity index is 1180. The third-order valence-corrected chi connectivity index (χ3v) is 4.42. The van der Waals surface area contributed by atoms with E-state index >= 15 is 0 Å². The molecule has 0 aliphatic rings. The van der Waals surface area contributed by atoms with Crippen molar-refractivity contribution in [3.8, 4) is 0 Å². The second-order valence-electron chi connectivity index (χ2n) is 5.40. The van der Waals surface area contributed by atoms with Crippen LogP contribution in [0.25, 0.3) is 21.9 Å². The molecule has 3 aromatic heterocycles. The van der Waals surface area contributed by atoms with Crippen LogP contribution in [0.1, 0.15) is 11.6 Å². The van der Waals surface area contributed by atoms with Crippen molar-refractivity contribution < 1.29 is 18.7 Å². The molecule has 9 heteroatoms. The lowest BCUT2D eigenvalue weighted by Gasteiger charge is -2.06. The average Bonchev–Trinajstić information content (AvgIpc) is 3.17. The first-order valence-corrected chi connectivity index (χ1v) is 8.18. The summed E-state index contributed by atoms with van der Waals surface area (Å²) in [6.07, 6.45) is -0.299. The van der Waals surface area contributed by atoms with Crippen LogP contribution in [0.4, 0.5) is 4.39 Å². The van der Waals surface area contributed by atoms with Crippen LogP contribution in [-0.4, -0.2) is 25.8 Å². The van der Waals surface area contributed by atoms with Gasteiger partial charge in [0.25, 0.3) is 5.56 Å². The molecular weight excluding hydrogens is 349 g/mol. The fourth-order valence-electron chi connectivity index (χ4n) is 2.59. The molecule has 0 saturated heterocycles. The Kier molecular flexibility index (Phi) is 3.57. The number of rotatable bonds is 4. The van der Waals surface area contributed by atoms with Crippen molar-refractivity contribution in [3.05, 3.63) is 56.7 Å². The molecule has 0 bridgehead atoms. The molecule has 0 amide bonds. The van der Waals surface area contributed by atoms with Crippen molar-refractivity contribution >= 4 is 39.2 Å². The Morgan fingerprint density at radius 1 is 1.32 bits per heavy atom. The summed E-state index contributed by atoms with van der Waals surface area (Å²) < 4.78 is 19.8. The van der Waals surface area contributed by atoms with Crippen molar-refractivity contribution in [2.45, 2.75) is 13.0 Å². The van der Waals surface area contributed by atoms with E-state index in [0.717, 1.165) is 4.68 Å². The number of thiophene rings is 1. The summed E-state index contributed by atoms with van der Waals surface area (Å²) in [4.78, 5) is 27.8. The molecule has 4 rings (SSSR count). The average molecular weight is 359 g/mol. The first kappa shape index (κ1) is 15.5. The zero-order valence-corrected chi connectivity index (χ0v) is 13.4. The van der Waals surface area contributed by atoms with Crippen molar-refractivity contribution in [1.29, 1.82) is 0 Å². The number of hydrogen-bond donors (Lipinski definition) is 1. The van der Waals surface area contributed by atoms with E-state index in [-0.39, 0.29) is 30.0 Å². The molecule has 0 aliphatic carbocycles. The summed E-state index contributed by atoms with van der Waals surface area (Å²) in [5, 5.41) is 17.5. The highest BCUT2D eigenvalue weighted by atomic mass is 32.1. The van der Waals surface area contributed by atoms with Gasteiger partial charge in [0, 0.05) is 22.2 Å². The minimum atomic E-state index is -1.04. The standard InChI is InChI=1S/C16H10FN3O4S/c17-8-1-2-11-13(3-8)24-14(18-11)5-20-16(23)10-7-25-6-9(10)12(19-20)4-15(21)22/h1-3,6-7H,4-5H2,(H,21,22). The molecule has 0 unspecified atom stereocenters. The lowest BCUT2D eigenvalue weighted by Crippen LogP contribution is -2.25. The van der Waals surface area contributed by atoms with Gasteiger partial charge in [0.2, 0.25) is 5.89 Å². The first-order valence-electron chi connectivity index (χ1n) is 7.24. The molecule has 1 aromatic carbocycles. The Balaban J connectivity index is 1.80. The summed E-state index contributed by atoms with van der Waals surface area (Å²) in [6, 6.07) is 3.95. The monoisotopic (exact) mass is 359 g/mol. The number of carbonyl (C=O) groups is 1. The Hall–Kier alpha value is -3.07. The van der Waals surface area contributed by atoms with Crippen LogP contribution in [0.15, 0.2) is 38.2 Å². The largest absolute Gasteiger partial charge is 0.481 e. The lowest BCUT2D eigenvalue weighted by atomic mass is 10.2. The third kappa shape index (κ3) is 2.78. The number of aromatic nitrogens is 3. The van der Waals surface area contributed by atoms with Gasteiger partial charge in [-0.05, 0) is 12.1 Å². The molecule has 7 nitrogen and oxygen atoms in total. The number of oxazole rings is 1. The van der Waals surface area contributed by atoms with E-state index in [1.54, 1.807) is 10.8 Å². The first-order chi connectivity index (χ1) is 12.0. The van der Waals surface area contributed by atoms with Crippen LogP contribution in [-0.2, 0) is 17.8 Å². The fraction of sp³-hybridized carbons (Fsp3) is 0.125. The van der Waals surface area contributed by atoms with Crippen molar-refractivity contribution in [1.82, 2.24) is 14.8 Å². The minimum absolute atomic E-state index is 0.0759. The number of halogens is 1. The van der Waals surface area contributed by atoms with Gasteiger partial charge in [-0.25, -0.2) is 14.1 Å². The molecule has 0 saturated carbocycles. The van der Waals surface area contributed by atoms with Crippen molar-refractivity contribution in [2.24, 2.45) is 0 Å². The highest BCUT2D eigenvalue weighted by Gasteiger charge is 2.16. The predicted octanol–water partition coefficient (Wildman–Crippen LogP) is 2.41. The van der Waals surface area contributed by atoms with Crippen molar-refractivity contribution in [2.75, 3.05) is 0 Å². The number of carboxylic acids is 1. The summed E-state index contributed by atoms with van der Waals surface area (Å²) in [5.74, 6) is -1.30. The second-order valence-corrected chi connectivity index (χ2v) is 6.14. The third-order valence-electron chi connectivity index (χ3n) is 3.68. The van der Waals surface area contributed by atoms with Gasteiger partial charge in [0.05, 0.1) is 17.5 Å². The SMILES string of the molecule is O=C(O)Cc1nn(Cc2nc3ccc(F)cc3o2)c(=O)c2cscc12. The molecule has 126 valence electrons. The van der Waals surface area contributed by atoms with Gasteiger partial charge >= 0.3 is 5.97 Å². The maximum Gasteiger partial charge on any atom is 0.309 e. The topological polar surface area (TPSA) is 98.2 Å². The molecule has 1 N–H and O–H groups in total. The van der Waals surface area contributed by atoms with E-state index in [1.807, 2.05) is 0 Å². The highest BCUT2D eigenvalue weighted by Crippen LogP contribution is 2.20. The van der Waals surface area contributed by atoms with E-state index in [9.17, 15) is 14.0 Å². The number of fused-ring (bicyclic) bond motifs is 2.